The molecule has 1 rings (SSSR count). The smallest absolute Gasteiger partial charge is 0.217 e. The molecule has 1 amide bonds. The Morgan fingerprint density at radius 1 is 1.60 bits per heavy atom. The van der Waals surface area contributed by atoms with Gasteiger partial charge >= 0.3 is 0 Å². The molecule has 1 atom stereocenters. The van der Waals surface area contributed by atoms with Gasteiger partial charge in [-0.1, -0.05) is 0 Å². The van der Waals surface area contributed by atoms with Gasteiger partial charge in [-0.15, -0.1) is 11.6 Å². The maximum atomic E-state index is 10.8. The van der Waals surface area contributed by atoms with Crippen LogP contribution in [-0.4, -0.2) is 53.6 Å². The van der Waals surface area contributed by atoms with Crippen molar-refractivity contribution in [3.05, 3.63) is 0 Å². The first-order chi connectivity index (χ1) is 7.11. The van der Waals surface area contributed by atoms with Crippen molar-refractivity contribution in [3.63, 3.8) is 0 Å². The zero-order chi connectivity index (χ0) is 11.3. The molecule has 0 spiro atoms. The Hall–Kier alpha value is -0.320. The second-order valence-electron chi connectivity index (χ2n) is 4.08. The van der Waals surface area contributed by atoms with E-state index in [9.17, 15) is 9.90 Å². The molecule has 1 saturated heterocycles. The summed E-state index contributed by atoms with van der Waals surface area (Å²) >= 11 is 5.54. The van der Waals surface area contributed by atoms with Crippen LogP contribution in [0.1, 0.15) is 19.8 Å². The van der Waals surface area contributed by atoms with E-state index in [2.05, 4.69) is 10.2 Å². The first-order valence-corrected chi connectivity index (χ1v) is 5.88. The van der Waals surface area contributed by atoms with E-state index in [0.29, 0.717) is 12.6 Å². The number of alkyl halides is 1. The predicted molar refractivity (Wildman–Crippen MR) is 60.0 cm³/mol. The number of aliphatic hydroxyl groups is 1. The number of hydrogen-bond acceptors (Lipinski definition) is 3. The fourth-order valence-corrected chi connectivity index (χ4v) is 1.99. The quantitative estimate of drug-likeness (QED) is 0.683. The van der Waals surface area contributed by atoms with Crippen LogP contribution in [0.3, 0.4) is 0 Å². The lowest BCUT2D eigenvalue weighted by molar-refractivity contribution is -0.120. The molecule has 0 aliphatic carbocycles. The number of hydrogen-bond donors (Lipinski definition) is 2. The van der Waals surface area contributed by atoms with Crippen LogP contribution >= 0.6 is 11.6 Å². The predicted octanol–water partition coefficient (Wildman–Crippen LogP) is 0.187. The number of carbonyl (C=O) groups excluding carboxylic acids is 1. The number of carbonyl (C=O) groups is 1. The summed E-state index contributed by atoms with van der Waals surface area (Å²) in [7, 11) is 0. The highest BCUT2D eigenvalue weighted by Crippen LogP contribution is 2.10. The first kappa shape index (κ1) is 12.7. The molecule has 88 valence electrons. The van der Waals surface area contributed by atoms with Crippen molar-refractivity contribution in [1.82, 2.24) is 10.2 Å². The summed E-state index contributed by atoms with van der Waals surface area (Å²) in [5.74, 6) is 0.320. The van der Waals surface area contributed by atoms with E-state index in [0.717, 1.165) is 25.9 Å². The van der Waals surface area contributed by atoms with Crippen molar-refractivity contribution in [2.75, 3.05) is 25.5 Å². The maximum absolute atomic E-state index is 10.8. The topological polar surface area (TPSA) is 52.6 Å². The third kappa shape index (κ3) is 4.82. The summed E-state index contributed by atoms with van der Waals surface area (Å²) < 4.78 is 0. The summed E-state index contributed by atoms with van der Waals surface area (Å²) in [6.07, 6.45) is 1.47. The van der Waals surface area contributed by atoms with Crippen LogP contribution < -0.4 is 5.32 Å². The molecule has 1 unspecified atom stereocenters. The van der Waals surface area contributed by atoms with Crippen molar-refractivity contribution in [2.45, 2.75) is 31.9 Å². The number of likely N-dealkylation sites (tertiary alicyclic amines) is 1. The fraction of sp³-hybridized carbons (Fsp3) is 0.900. The SMILES string of the molecule is CC(=O)NC1CCN(CC(O)CCl)CC1. The summed E-state index contributed by atoms with van der Waals surface area (Å²) in [4.78, 5) is 13.0. The number of nitrogens with zero attached hydrogens (tertiary/aromatic N) is 1. The van der Waals surface area contributed by atoms with Gasteiger partial charge in [0.2, 0.25) is 5.91 Å². The average Bonchev–Trinajstić information content (AvgIpc) is 2.20. The lowest BCUT2D eigenvalue weighted by Crippen LogP contribution is -2.46. The Morgan fingerprint density at radius 2 is 2.20 bits per heavy atom. The number of β-amino-alcohol motifs (C(OH)–C–C–N with tert-alkyl or cyclic N) is 1. The molecule has 15 heavy (non-hydrogen) atoms. The molecule has 1 heterocycles. The van der Waals surface area contributed by atoms with Crippen LogP contribution in [0, 0.1) is 0 Å². The molecule has 5 heteroatoms. The Kier molecular flexibility index (Phi) is 5.36. The minimum atomic E-state index is -0.441. The number of halogens is 1. The summed E-state index contributed by atoms with van der Waals surface area (Å²) in [6.45, 7) is 4.01. The molecule has 1 aliphatic rings. The van der Waals surface area contributed by atoms with Crippen molar-refractivity contribution in [3.8, 4) is 0 Å². The van der Waals surface area contributed by atoms with Gasteiger partial charge in [0.05, 0.1) is 6.10 Å². The highest BCUT2D eigenvalue weighted by atomic mass is 35.5. The second kappa shape index (κ2) is 6.30. The monoisotopic (exact) mass is 234 g/mol. The van der Waals surface area contributed by atoms with E-state index in [-0.39, 0.29) is 11.8 Å². The van der Waals surface area contributed by atoms with Crippen molar-refractivity contribution >= 4 is 17.5 Å². The normalized spacial score (nSPS) is 21.3. The Bertz CT molecular complexity index is 206. The van der Waals surface area contributed by atoms with Crippen LogP contribution in [0.4, 0.5) is 0 Å². The molecule has 2 N–H and O–H groups in total. The molecular weight excluding hydrogens is 216 g/mol. The molecular formula is C10H19ClN2O2. The highest BCUT2D eigenvalue weighted by Gasteiger charge is 2.20. The minimum absolute atomic E-state index is 0.0363. The van der Waals surface area contributed by atoms with Crippen LogP contribution in [0.2, 0.25) is 0 Å². The van der Waals surface area contributed by atoms with Crippen LogP contribution in [0.25, 0.3) is 0 Å². The molecule has 0 bridgehead atoms. The average molecular weight is 235 g/mol. The number of nitrogens with one attached hydrogen (secondary N) is 1. The second-order valence-corrected chi connectivity index (χ2v) is 4.39. The fourth-order valence-electron chi connectivity index (χ4n) is 1.89. The van der Waals surface area contributed by atoms with E-state index in [1.165, 1.54) is 0 Å². The van der Waals surface area contributed by atoms with Gasteiger partial charge in [-0.05, 0) is 12.8 Å². The van der Waals surface area contributed by atoms with Gasteiger partial charge in [0.25, 0.3) is 0 Å². The molecule has 0 aromatic heterocycles. The third-order valence-electron chi connectivity index (χ3n) is 2.64. The van der Waals surface area contributed by atoms with Gasteiger partial charge in [0.1, 0.15) is 0 Å². The van der Waals surface area contributed by atoms with Crippen LogP contribution in [0.5, 0.6) is 0 Å². The molecule has 0 radical (unpaired) electrons. The summed E-state index contributed by atoms with van der Waals surface area (Å²) in [5.41, 5.74) is 0. The standard InChI is InChI=1S/C10H19ClN2O2/c1-8(14)12-9-2-4-13(5-3-9)7-10(15)6-11/h9-10,15H,2-7H2,1H3,(H,12,14). The summed E-state index contributed by atoms with van der Waals surface area (Å²) in [5, 5.41) is 12.3. The molecule has 4 nitrogen and oxygen atoms in total. The largest absolute Gasteiger partial charge is 0.391 e. The molecule has 0 aromatic rings. The van der Waals surface area contributed by atoms with Gasteiger partial charge in [0, 0.05) is 38.5 Å². The maximum Gasteiger partial charge on any atom is 0.217 e. The third-order valence-corrected chi connectivity index (χ3v) is 3.00. The summed E-state index contributed by atoms with van der Waals surface area (Å²) in [6, 6.07) is 0.298. The lowest BCUT2D eigenvalue weighted by atomic mass is 10.0. The van der Waals surface area contributed by atoms with Gasteiger partial charge in [0.15, 0.2) is 0 Å². The van der Waals surface area contributed by atoms with Gasteiger partial charge < -0.3 is 15.3 Å². The van der Waals surface area contributed by atoms with Crippen molar-refractivity contribution in [2.24, 2.45) is 0 Å². The van der Waals surface area contributed by atoms with Crippen LogP contribution in [0.15, 0.2) is 0 Å². The zero-order valence-corrected chi connectivity index (χ0v) is 9.83. The van der Waals surface area contributed by atoms with E-state index in [1.807, 2.05) is 0 Å². The van der Waals surface area contributed by atoms with Crippen molar-refractivity contribution < 1.29 is 9.90 Å². The number of rotatable bonds is 4. The number of amides is 1. The first-order valence-electron chi connectivity index (χ1n) is 5.35. The van der Waals surface area contributed by atoms with Gasteiger partial charge in [-0.25, -0.2) is 0 Å². The Labute approximate surface area is 95.6 Å². The molecule has 0 aromatic carbocycles. The van der Waals surface area contributed by atoms with E-state index < -0.39 is 6.10 Å². The van der Waals surface area contributed by atoms with E-state index in [4.69, 9.17) is 11.6 Å². The Morgan fingerprint density at radius 3 is 2.67 bits per heavy atom. The number of piperidine rings is 1. The number of aliphatic hydroxyl groups excluding tert-OH is 1. The molecule has 1 aliphatic heterocycles. The Balaban J connectivity index is 2.20. The van der Waals surface area contributed by atoms with Gasteiger partial charge in [-0.2, -0.15) is 0 Å². The van der Waals surface area contributed by atoms with Crippen LogP contribution in [-0.2, 0) is 4.79 Å². The van der Waals surface area contributed by atoms with Crippen molar-refractivity contribution in [1.29, 1.82) is 0 Å². The molecule has 0 saturated carbocycles. The molecule has 1 fully saturated rings. The zero-order valence-electron chi connectivity index (χ0n) is 9.08. The van der Waals surface area contributed by atoms with E-state index >= 15 is 0 Å². The van der Waals surface area contributed by atoms with E-state index in [1.54, 1.807) is 6.92 Å². The minimum Gasteiger partial charge on any atom is -0.391 e. The highest BCUT2D eigenvalue weighted by molar-refractivity contribution is 6.18. The lowest BCUT2D eigenvalue weighted by Gasteiger charge is -2.32. The van der Waals surface area contributed by atoms with Gasteiger partial charge in [-0.3, -0.25) is 4.79 Å².